The first kappa shape index (κ1) is 23.2. The Labute approximate surface area is 178 Å². The maximum Gasteiger partial charge on any atom is 0.251 e. The molecule has 0 bridgehead atoms. The van der Waals surface area contributed by atoms with Crippen molar-refractivity contribution in [1.29, 1.82) is 0 Å². The van der Waals surface area contributed by atoms with E-state index in [0.717, 1.165) is 5.75 Å². The van der Waals surface area contributed by atoms with E-state index < -0.39 is 0 Å². The van der Waals surface area contributed by atoms with Gasteiger partial charge in [-0.2, -0.15) is 0 Å². The average Bonchev–Trinajstić information content (AvgIpc) is 2.70. The van der Waals surface area contributed by atoms with Crippen LogP contribution >= 0.6 is 0 Å². The summed E-state index contributed by atoms with van der Waals surface area (Å²) in [6, 6.07) is 14.2. The molecule has 0 radical (unpaired) electrons. The lowest BCUT2D eigenvalue weighted by atomic mass is 10.1. The molecule has 3 N–H and O–H groups in total. The van der Waals surface area contributed by atoms with E-state index in [9.17, 15) is 9.59 Å². The second-order valence-corrected chi connectivity index (χ2v) is 7.76. The molecule has 2 rings (SSSR count). The topological polar surface area (TPSA) is 88.7 Å². The van der Waals surface area contributed by atoms with Gasteiger partial charge in [0.2, 0.25) is 5.91 Å². The number of carbonyl (C=O) groups excluding carboxylic acids is 2. The summed E-state index contributed by atoms with van der Waals surface area (Å²) in [5, 5.41) is 8.79. The molecule has 0 saturated heterocycles. The Kier molecular flexibility index (Phi) is 8.68. The predicted octanol–water partition coefficient (Wildman–Crippen LogP) is 3.68. The van der Waals surface area contributed by atoms with Crippen molar-refractivity contribution in [2.75, 3.05) is 37.0 Å². The van der Waals surface area contributed by atoms with E-state index in [0.29, 0.717) is 36.8 Å². The van der Waals surface area contributed by atoms with E-state index in [2.05, 4.69) is 16.0 Å². The van der Waals surface area contributed by atoms with Crippen LogP contribution in [0.3, 0.4) is 0 Å². The molecule has 0 spiro atoms. The van der Waals surface area contributed by atoms with Gasteiger partial charge in [-0.1, -0.05) is 6.07 Å². The molecule has 0 fully saturated rings. The summed E-state index contributed by atoms with van der Waals surface area (Å²) in [5.74, 6) is 0.375. The van der Waals surface area contributed by atoms with Gasteiger partial charge in [-0.05, 0) is 70.2 Å². The van der Waals surface area contributed by atoms with E-state index >= 15 is 0 Å². The number of hydrogen-bond donors (Lipinski definition) is 3. The third-order valence-electron chi connectivity index (χ3n) is 3.90. The van der Waals surface area contributed by atoms with Gasteiger partial charge in [-0.25, -0.2) is 0 Å². The third-order valence-corrected chi connectivity index (χ3v) is 3.90. The summed E-state index contributed by atoms with van der Waals surface area (Å²) in [4.78, 5) is 24.5. The number of hydrogen-bond acceptors (Lipinski definition) is 5. The summed E-state index contributed by atoms with van der Waals surface area (Å²) in [7, 11) is 0. The molecule has 0 aliphatic rings. The molecule has 0 saturated carbocycles. The summed E-state index contributed by atoms with van der Waals surface area (Å²) < 4.78 is 10.8. The molecular formula is C23H31N3O4. The quantitative estimate of drug-likeness (QED) is 0.517. The highest BCUT2D eigenvalue weighted by Crippen LogP contribution is 2.16. The largest absolute Gasteiger partial charge is 0.491 e. The highest BCUT2D eigenvalue weighted by molar-refractivity contribution is 5.96. The minimum atomic E-state index is -0.315. The minimum absolute atomic E-state index is 0.0803. The van der Waals surface area contributed by atoms with Crippen molar-refractivity contribution in [1.82, 2.24) is 5.32 Å². The van der Waals surface area contributed by atoms with Crippen molar-refractivity contribution in [2.45, 2.75) is 33.2 Å². The van der Waals surface area contributed by atoms with Gasteiger partial charge < -0.3 is 25.4 Å². The number of rotatable bonds is 10. The van der Waals surface area contributed by atoms with Crippen molar-refractivity contribution in [2.24, 2.45) is 0 Å². The lowest BCUT2D eigenvalue weighted by molar-refractivity contribution is -0.114. The van der Waals surface area contributed by atoms with Gasteiger partial charge in [-0.15, -0.1) is 0 Å². The van der Waals surface area contributed by atoms with Crippen LogP contribution in [0.25, 0.3) is 0 Å². The molecule has 0 aromatic heterocycles. The molecule has 7 nitrogen and oxygen atoms in total. The van der Waals surface area contributed by atoms with Gasteiger partial charge in [0.05, 0.1) is 13.2 Å². The number of anilines is 2. The molecule has 162 valence electrons. The molecule has 2 aromatic rings. The first-order chi connectivity index (χ1) is 14.3. The van der Waals surface area contributed by atoms with E-state index in [1.54, 1.807) is 42.5 Å². The standard InChI is InChI=1S/C23H31N3O4/c1-5-29-13-14-30-20-11-9-18(10-12-20)25-21(27)16-24-19-8-6-7-17(15-19)22(28)26-23(2,3)4/h6-12,15,24H,5,13-14,16H2,1-4H3,(H,25,27)(H,26,28). The fraction of sp³-hybridized carbons (Fsp3) is 0.391. The summed E-state index contributed by atoms with van der Waals surface area (Å²) in [6.07, 6.45) is 0. The first-order valence-corrected chi connectivity index (χ1v) is 10.0. The molecule has 7 heteroatoms. The summed E-state index contributed by atoms with van der Waals surface area (Å²) >= 11 is 0. The van der Waals surface area contributed by atoms with Gasteiger partial charge in [0.25, 0.3) is 5.91 Å². The fourth-order valence-corrected chi connectivity index (χ4v) is 2.57. The second-order valence-electron chi connectivity index (χ2n) is 7.76. The molecule has 30 heavy (non-hydrogen) atoms. The Balaban J connectivity index is 1.82. The Morgan fingerprint density at radius 1 is 0.967 bits per heavy atom. The van der Waals surface area contributed by atoms with Crippen molar-refractivity contribution in [3.8, 4) is 5.75 Å². The summed E-state index contributed by atoms with van der Waals surface area (Å²) in [5.41, 5.74) is 1.60. The van der Waals surface area contributed by atoms with Crippen LogP contribution in [0.15, 0.2) is 48.5 Å². The zero-order valence-electron chi connectivity index (χ0n) is 18.1. The van der Waals surface area contributed by atoms with Crippen LogP contribution in [-0.4, -0.2) is 43.7 Å². The molecule has 0 aliphatic heterocycles. The predicted molar refractivity (Wildman–Crippen MR) is 119 cm³/mol. The molecule has 0 aliphatic carbocycles. The van der Waals surface area contributed by atoms with E-state index in [1.807, 2.05) is 33.8 Å². The Morgan fingerprint density at radius 2 is 1.70 bits per heavy atom. The van der Waals surface area contributed by atoms with Crippen molar-refractivity contribution < 1.29 is 19.1 Å². The average molecular weight is 414 g/mol. The number of carbonyl (C=O) groups is 2. The second kappa shape index (κ2) is 11.2. The zero-order valence-corrected chi connectivity index (χ0v) is 18.1. The molecule has 0 unspecified atom stereocenters. The van der Waals surface area contributed by atoms with E-state index in [-0.39, 0.29) is 23.9 Å². The number of nitrogens with one attached hydrogen (secondary N) is 3. The van der Waals surface area contributed by atoms with E-state index in [4.69, 9.17) is 9.47 Å². The zero-order chi connectivity index (χ0) is 22.0. The lowest BCUT2D eigenvalue weighted by Crippen LogP contribution is -2.40. The Bertz CT molecular complexity index is 829. The first-order valence-electron chi connectivity index (χ1n) is 10.0. The van der Waals surface area contributed by atoms with Gasteiger partial charge in [0.15, 0.2) is 0 Å². The van der Waals surface area contributed by atoms with Crippen LogP contribution in [0.2, 0.25) is 0 Å². The van der Waals surface area contributed by atoms with Gasteiger partial charge in [0.1, 0.15) is 12.4 Å². The van der Waals surface area contributed by atoms with Gasteiger partial charge >= 0.3 is 0 Å². The molecule has 2 amide bonds. The molecule has 0 atom stereocenters. The molecule has 2 aromatic carbocycles. The Morgan fingerprint density at radius 3 is 2.37 bits per heavy atom. The van der Waals surface area contributed by atoms with Gasteiger partial charge in [-0.3, -0.25) is 9.59 Å². The number of amides is 2. The fourth-order valence-electron chi connectivity index (χ4n) is 2.57. The van der Waals surface area contributed by atoms with E-state index in [1.165, 1.54) is 0 Å². The number of benzene rings is 2. The van der Waals surface area contributed by atoms with Crippen LogP contribution in [0.4, 0.5) is 11.4 Å². The van der Waals surface area contributed by atoms with Crippen LogP contribution in [0.1, 0.15) is 38.1 Å². The maximum absolute atomic E-state index is 12.3. The molecular weight excluding hydrogens is 382 g/mol. The normalized spacial score (nSPS) is 10.9. The van der Waals surface area contributed by atoms with Crippen LogP contribution in [0.5, 0.6) is 5.75 Å². The highest BCUT2D eigenvalue weighted by atomic mass is 16.5. The van der Waals surface area contributed by atoms with Crippen LogP contribution in [0, 0.1) is 0 Å². The smallest absolute Gasteiger partial charge is 0.251 e. The van der Waals surface area contributed by atoms with Gasteiger partial charge in [0, 0.05) is 29.1 Å². The lowest BCUT2D eigenvalue weighted by Gasteiger charge is -2.20. The summed E-state index contributed by atoms with van der Waals surface area (Å²) in [6.45, 7) is 9.49. The Hall–Kier alpha value is -3.06. The van der Waals surface area contributed by atoms with Crippen molar-refractivity contribution in [3.63, 3.8) is 0 Å². The third kappa shape index (κ3) is 8.53. The van der Waals surface area contributed by atoms with Crippen molar-refractivity contribution >= 4 is 23.2 Å². The highest BCUT2D eigenvalue weighted by Gasteiger charge is 2.15. The minimum Gasteiger partial charge on any atom is -0.491 e. The number of ether oxygens (including phenoxy) is 2. The van der Waals surface area contributed by atoms with Crippen LogP contribution in [-0.2, 0) is 9.53 Å². The maximum atomic E-state index is 12.3. The SMILES string of the molecule is CCOCCOc1ccc(NC(=O)CNc2cccc(C(=O)NC(C)(C)C)c2)cc1. The van der Waals surface area contributed by atoms with Crippen LogP contribution < -0.4 is 20.7 Å². The van der Waals surface area contributed by atoms with Crippen molar-refractivity contribution in [3.05, 3.63) is 54.1 Å². The molecule has 0 heterocycles. The monoisotopic (exact) mass is 413 g/mol.